The molecule has 0 aromatic carbocycles. The highest BCUT2D eigenvalue weighted by atomic mass is 16.7. The molecule has 166 valence electrons. The van der Waals surface area contributed by atoms with E-state index < -0.39 is 5.79 Å². The number of hydrogen-bond donors (Lipinski definition) is 0. The van der Waals surface area contributed by atoms with Crippen LogP contribution in [0.4, 0.5) is 0 Å². The summed E-state index contributed by atoms with van der Waals surface area (Å²) in [5, 5.41) is 0. The molecule has 5 heteroatoms. The summed E-state index contributed by atoms with van der Waals surface area (Å²) < 4.78 is 17.6. The predicted octanol–water partition coefficient (Wildman–Crippen LogP) is 4.44. The van der Waals surface area contributed by atoms with Crippen molar-refractivity contribution in [2.75, 3.05) is 13.2 Å². The van der Waals surface area contributed by atoms with E-state index in [0.29, 0.717) is 43.2 Å². The summed E-state index contributed by atoms with van der Waals surface area (Å²) in [6.07, 6.45) is 8.97. The molecule has 7 atom stereocenters. The van der Waals surface area contributed by atoms with Crippen molar-refractivity contribution in [2.45, 2.75) is 84.5 Å². The van der Waals surface area contributed by atoms with Crippen LogP contribution in [0.1, 0.15) is 72.6 Å². The zero-order chi connectivity index (χ0) is 21.3. The smallest absolute Gasteiger partial charge is 0.302 e. The van der Waals surface area contributed by atoms with E-state index in [9.17, 15) is 9.59 Å². The SMILES string of the molecule is CC(=O)O[C@H]1CC[C@@]2(C)C(=CCC3C2CC(=O)[C@@]2(C)C3CC[C@@H]2C2(C)OCCO2)C1. The van der Waals surface area contributed by atoms with Crippen LogP contribution in [-0.2, 0) is 23.8 Å². The van der Waals surface area contributed by atoms with Gasteiger partial charge in [-0.1, -0.05) is 25.5 Å². The molecule has 3 saturated carbocycles. The average molecular weight is 417 g/mol. The number of hydrogen-bond acceptors (Lipinski definition) is 5. The Kier molecular flexibility index (Phi) is 4.76. The van der Waals surface area contributed by atoms with E-state index in [1.807, 2.05) is 6.92 Å². The Morgan fingerprint density at radius 2 is 1.80 bits per heavy atom. The summed E-state index contributed by atoms with van der Waals surface area (Å²) in [6.45, 7) is 9.38. The standard InChI is InChI=1S/C25H36O5/c1-15(26)30-17-9-10-23(2)16(13-17)5-6-18-19-7-8-21(25(4)28-11-12-29-25)24(19,3)22(27)14-20(18)23/h5,17-21H,6-14H2,1-4H3/t17-,18?,19?,20?,21-,23-,24-/m0/s1. The number of allylic oxidation sites excluding steroid dienone is 1. The lowest BCUT2D eigenvalue weighted by Gasteiger charge is -2.57. The van der Waals surface area contributed by atoms with Gasteiger partial charge in [-0.2, -0.15) is 0 Å². The van der Waals surface area contributed by atoms with Gasteiger partial charge >= 0.3 is 5.97 Å². The fourth-order valence-corrected chi connectivity index (χ4v) is 8.24. The van der Waals surface area contributed by atoms with Gasteiger partial charge in [0, 0.05) is 31.1 Å². The van der Waals surface area contributed by atoms with Crippen LogP contribution in [0.25, 0.3) is 0 Å². The summed E-state index contributed by atoms with van der Waals surface area (Å²) in [6, 6.07) is 0. The van der Waals surface area contributed by atoms with Crippen LogP contribution < -0.4 is 0 Å². The van der Waals surface area contributed by atoms with Crippen LogP contribution >= 0.6 is 0 Å². The van der Waals surface area contributed by atoms with E-state index in [1.165, 1.54) is 12.5 Å². The maximum Gasteiger partial charge on any atom is 0.302 e. The molecule has 5 aliphatic rings. The fourth-order valence-electron chi connectivity index (χ4n) is 8.24. The minimum Gasteiger partial charge on any atom is -0.462 e. The quantitative estimate of drug-likeness (QED) is 0.492. The molecule has 1 saturated heterocycles. The molecule has 3 unspecified atom stereocenters. The lowest BCUT2D eigenvalue weighted by molar-refractivity contribution is -0.212. The van der Waals surface area contributed by atoms with Gasteiger partial charge in [0.1, 0.15) is 11.9 Å². The molecule has 30 heavy (non-hydrogen) atoms. The van der Waals surface area contributed by atoms with E-state index in [1.54, 1.807) is 0 Å². The number of fused-ring (bicyclic) bond motifs is 5. The second kappa shape index (κ2) is 6.90. The lowest BCUT2D eigenvalue weighted by atomic mass is 9.46. The molecule has 0 amide bonds. The molecule has 0 aromatic heterocycles. The summed E-state index contributed by atoms with van der Waals surface area (Å²) in [5.74, 6) is 1.10. The third-order valence-corrected chi connectivity index (χ3v) is 9.75. The van der Waals surface area contributed by atoms with Gasteiger partial charge in [-0.25, -0.2) is 0 Å². The van der Waals surface area contributed by atoms with Gasteiger partial charge in [0.15, 0.2) is 5.79 Å². The highest BCUT2D eigenvalue weighted by Gasteiger charge is 2.66. The molecule has 0 bridgehead atoms. The number of rotatable bonds is 2. The molecule has 1 heterocycles. The van der Waals surface area contributed by atoms with E-state index in [-0.39, 0.29) is 28.8 Å². The monoisotopic (exact) mass is 416 g/mol. The summed E-state index contributed by atoms with van der Waals surface area (Å²) in [4.78, 5) is 25.2. The van der Waals surface area contributed by atoms with E-state index in [2.05, 4.69) is 19.9 Å². The number of carbonyl (C=O) groups excluding carboxylic acids is 2. The minimum atomic E-state index is -0.617. The Morgan fingerprint density at radius 3 is 2.50 bits per heavy atom. The molecule has 0 radical (unpaired) electrons. The van der Waals surface area contributed by atoms with Crippen LogP contribution in [0, 0.1) is 34.5 Å². The van der Waals surface area contributed by atoms with Crippen molar-refractivity contribution in [2.24, 2.45) is 34.5 Å². The zero-order valence-corrected chi connectivity index (χ0v) is 18.9. The first-order chi connectivity index (χ1) is 14.2. The van der Waals surface area contributed by atoms with Crippen molar-refractivity contribution < 1.29 is 23.8 Å². The topological polar surface area (TPSA) is 61.8 Å². The Balaban J connectivity index is 1.44. The average Bonchev–Trinajstić information content (AvgIpc) is 3.28. The Labute approximate surface area is 179 Å². The van der Waals surface area contributed by atoms with Crippen LogP contribution in [0.3, 0.4) is 0 Å². The van der Waals surface area contributed by atoms with Gasteiger partial charge < -0.3 is 14.2 Å². The number of carbonyl (C=O) groups is 2. The molecule has 4 aliphatic carbocycles. The third-order valence-electron chi connectivity index (χ3n) is 9.75. The van der Waals surface area contributed by atoms with Gasteiger partial charge in [-0.3, -0.25) is 9.59 Å². The number of ketones is 1. The molecule has 0 N–H and O–H groups in total. The van der Waals surface area contributed by atoms with Gasteiger partial charge in [0.25, 0.3) is 0 Å². The van der Waals surface area contributed by atoms with Crippen molar-refractivity contribution in [1.29, 1.82) is 0 Å². The van der Waals surface area contributed by atoms with Gasteiger partial charge in [0.2, 0.25) is 0 Å². The normalized spacial score (nSPS) is 47.1. The third kappa shape index (κ3) is 2.80. The maximum atomic E-state index is 13.8. The molecule has 5 rings (SSSR count). The Morgan fingerprint density at radius 1 is 1.07 bits per heavy atom. The van der Waals surface area contributed by atoms with Gasteiger partial charge in [0.05, 0.1) is 13.2 Å². The first-order valence-corrected chi connectivity index (χ1v) is 11.9. The fraction of sp³-hybridized carbons (Fsp3) is 0.840. The molecule has 0 aromatic rings. The van der Waals surface area contributed by atoms with Crippen molar-refractivity contribution in [3.8, 4) is 0 Å². The molecule has 0 spiro atoms. The number of esters is 1. The van der Waals surface area contributed by atoms with E-state index >= 15 is 0 Å². The van der Waals surface area contributed by atoms with Crippen LogP contribution in [-0.4, -0.2) is 36.9 Å². The van der Waals surface area contributed by atoms with Crippen LogP contribution in [0.2, 0.25) is 0 Å². The van der Waals surface area contributed by atoms with Crippen LogP contribution in [0.15, 0.2) is 11.6 Å². The zero-order valence-electron chi connectivity index (χ0n) is 18.9. The summed E-state index contributed by atoms with van der Waals surface area (Å²) in [7, 11) is 0. The van der Waals surface area contributed by atoms with Crippen molar-refractivity contribution in [3.05, 3.63) is 11.6 Å². The van der Waals surface area contributed by atoms with Crippen LogP contribution in [0.5, 0.6) is 0 Å². The van der Waals surface area contributed by atoms with Crippen molar-refractivity contribution in [1.82, 2.24) is 0 Å². The predicted molar refractivity (Wildman–Crippen MR) is 111 cm³/mol. The largest absolute Gasteiger partial charge is 0.462 e. The highest BCUT2D eigenvalue weighted by Crippen LogP contribution is 2.67. The maximum absolute atomic E-state index is 13.8. The molecule has 1 aliphatic heterocycles. The Bertz CT molecular complexity index is 780. The first-order valence-electron chi connectivity index (χ1n) is 11.9. The summed E-state index contributed by atoms with van der Waals surface area (Å²) >= 11 is 0. The van der Waals surface area contributed by atoms with Crippen molar-refractivity contribution in [3.63, 3.8) is 0 Å². The Hall–Kier alpha value is -1.20. The van der Waals surface area contributed by atoms with Crippen molar-refractivity contribution >= 4 is 11.8 Å². The second-order valence-electron chi connectivity index (χ2n) is 11.0. The summed E-state index contributed by atoms with van der Waals surface area (Å²) in [5.41, 5.74) is 1.12. The second-order valence-corrected chi connectivity index (χ2v) is 11.0. The van der Waals surface area contributed by atoms with E-state index in [0.717, 1.165) is 38.5 Å². The number of Topliss-reactive ketones (excluding diaryl/α,β-unsaturated/α-hetero) is 1. The van der Waals surface area contributed by atoms with E-state index in [4.69, 9.17) is 14.2 Å². The highest BCUT2D eigenvalue weighted by molar-refractivity contribution is 5.87. The molecular weight excluding hydrogens is 380 g/mol. The molecular formula is C25H36O5. The van der Waals surface area contributed by atoms with Gasteiger partial charge in [-0.05, 0) is 62.2 Å². The molecule has 4 fully saturated rings. The minimum absolute atomic E-state index is 0.00425. The van der Waals surface area contributed by atoms with Gasteiger partial charge in [-0.15, -0.1) is 0 Å². The first kappa shape index (κ1) is 20.7. The lowest BCUT2D eigenvalue weighted by Crippen LogP contribution is -2.57. The number of ether oxygens (including phenoxy) is 3. The molecule has 5 nitrogen and oxygen atoms in total.